The molecular weight excluding hydrogens is 268 g/mol. The van der Waals surface area contributed by atoms with Crippen LogP contribution in [0.5, 0.6) is 0 Å². The molecule has 1 aromatic rings. The van der Waals surface area contributed by atoms with Gasteiger partial charge < -0.3 is 9.63 Å². The van der Waals surface area contributed by atoms with E-state index in [-0.39, 0.29) is 17.8 Å². The minimum absolute atomic E-state index is 0.105. The number of hydrogen-bond acceptors (Lipinski definition) is 5. The lowest BCUT2D eigenvalue weighted by Crippen LogP contribution is -2.32. The zero-order chi connectivity index (χ0) is 13.6. The molecule has 1 N–H and O–H groups in total. The summed E-state index contributed by atoms with van der Waals surface area (Å²) in [6.07, 6.45) is 1.37. The van der Waals surface area contributed by atoms with Gasteiger partial charge in [0.1, 0.15) is 17.2 Å². The average Bonchev–Trinajstić information content (AvgIpc) is 2.98. The summed E-state index contributed by atoms with van der Waals surface area (Å²) in [5, 5.41) is 13.6. The number of nitrogens with zero attached hydrogens (tertiary/aromatic N) is 2. The second-order valence-electron chi connectivity index (χ2n) is 5.57. The molecule has 0 aromatic carbocycles. The van der Waals surface area contributed by atoms with Crippen LogP contribution >= 0.6 is 0 Å². The molecule has 1 aliphatic carbocycles. The Morgan fingerprint density at radius 3 is 2.89 bits per heavy atom. The summed E-state index contributed by atoms with van der Waals surface area (Å²) in [5.41, 5.74) is 0.440. The largest absolute Gasteiger partial charge is 0.393 e. The van der Waals surface area contributed by atoms with Gasteiger partial charge in [-0.15, -0.1) is 0 Å². The number of hydrogen-bond donors (Lipinski definition) is 1. The zero-order valence-electron chi connectivity index (χ0n) is 10.8. The smallest absolute Gasteiger partial charge is 0.219 e. The van der Waals surface area contributed by atoms with Gasteiger partial charge in [-0.2, -0.15) is 0 Å². The zero-order valence-corrected chi connectivity index (χ0v) is 11.6. The van der Waals surface area contributed by atoms with Crippen molar-refractivity contribution in [1.29, 1.82) is 0 Å². The molecule has 19 heavy (non-hydrogen) atoms. The highest BCUT2D eigenvalue weighted by molar-refractivity contribution is 7.88. The molecule has 0 spiro atoms. The summed E-state index contributed by atoms with van der Waals surface area (Å²) in [7, 11) is -3.37. The molecule has 1 aromatic heterocycles. The maximum atomic E-state index is 12.3. The Hall–Kier alpha value is -0.920. The van der Waals surface area contributed by atoms with Crippen molar-refractivity contribution in [3.05, 3.63) is 17.5 Å². The van der Waals surface area contributed by atoms with Crippen molar-refractivity contribution in [2.45, 2.75) is 31.6 Å². The van der Waals surface area contributed by atoms with Crippen LogP contribution in [0.15, 0.2) is 10.6 Å². The quantitative estimate of drug-likeness (QED) is 0.875. The predicted molar refractivity (Wildman–Crippen MR) is 67.7 cm³/mol. The van der Waals surface area contributed by atoms with E-state index in [0.717, 1.165) is 12.8 Å². The van der Waals surface area contributed by atoms with Crippen LogP contribution in [0.25, 0.3) is 0 Å². The van der Waals surface area contributed by atoms with Gasteiger partial charge in [0, 0.05) is 25.1 Å². The lowest BCUT2D eigenvalue weighted by molar-refractivity contribution is 0.129. The Morgan fingerprint density at radius 2 is 2.26 bits per heavy atom. The Kier molecular flexibility index (Phi) is 3.15. The van der Waals surface area contributed by atoms with Crippen LogP contribution in [0.2, 0.25) is 0 Å². The SMILES string of the molecule is Cc1cc(CS(=O)(=O)N2CC3CCC(O)C3C2)no1. The molecule has 6 nitrogen and oxygen atoms in total. The minimum atomic E-state index is -3.37. The normalized spacial score (nSPS) is 31.8. The second-order valence-corrected chi connectivity index (χ2v) is 7.54. The van der Waals surface area contributed by atoms with Crippen molar-refractivity contribution in [3.8, 4) is 0 Å². The predicted octanol–water partition coefficient (Wildman–Crippen LogP) is 0.516. The highest BCUT2D eigenvalue weighted by Crippen LogP contribution is 2.39. The lowest BCUT2D eigenvalue weighted by atomic mass is 10.00. The van der Waals surface area contributed by atoms with Crippen molar-refractivity contribution in [2.75, 3.05) is 13.1 Å². The molecule has 0 radical (unpaired) electrons. The van der Waals surface area contributed by atoms with Crippen LogP contribution in [0.4, 0.5) is 0 Å². The Balaban J connectivity index is 1.72. The maximum absolute atomic E-state index is 12.3. The first-order chi connectivity index (χ1) is 8.95. The fourth-order valence-electron chi connectivity index (χ4n) is 3.19. The summed E-state index contributed by atoms with van der Waals surface area (Å²) in [4.78, 5) is 0. The average molecular weight is 286 g/mol. The van der Waals surface area contributed by atoms with Crippen LogP contribution in [0, 0.1) is 18.8 Å². The summed E-state index contributed by atoms with van der Waals surface area (Å²) in [5.74, 6) is 0.899. The van der Waals surface area contributed by atoms with Crippen LogP contribution in [-0.4, -0.2) is 42.2 Å². The van der Waals surface area contributed by atoms with Gasteiger partial charge in [-0.05, 0) is 25.7 Å². The summed E-state index contributed by atoms with van der Waals surface area (Å²) in [6, 6.07) is 1.64. The van der Waals surface area contributed by atoms with Gasteiger partial charge in [-0.3, -0.25) is 0 Å². The molecule has 7 heteroatoms. The molecule has 1 aliphatic heterocycles. The van der Waals surface area contributed by atoms with E-state index in [1.165, 1.54) is 4.31 Å². The molecule has 0 bridgehead atoms. The van der Waals surface area contributed by atoms with Crippen LogP contribution in [0.3, 0.4) is 0 Å². The Bertz CT molecular complexity index is 568. The number of fused-ring (bicyclic) bond motifs is 1. The van der Waals surface area contributed by atoms with Gasteiger partial charge in [0.15, 0.2) is 0 Å². The van der Waals surface area contributed by atoms with Crippen LogP contribution < -0.4 is 0 Å². The third kappa shape index (κ3) is 2.42. The third-order valence-electron chi connectivity index (χ3n) is 4.19. The van der Waals surface area contributed by atoms with E-state index in [0.29, 0.717) is 30.5 Å². The monoisotopic (exact) mass is 286 g/mol. The minimum Gasteiger partial charge on any atom is -0.393 e. The molecule has 1 saturated heterocycles. The van der Waals surface area contributed by atoms with Crippen molar-refractivity contribution in [3.63, 3.8) is 0 Å². The Morgan fingerprint density at radius 1 is 1.47 bits per heavy atom. The van der Waals surface area contributed by atoms with E-state index in [4.69, 9.17) is 4.52 Å². The Labute approximate surface area is 112 Å². The maximum Gasteiger partial charge on any atom is 0.219 e. The van der Waals surface area contributed by atoms with E-state index in [9.17, 15) is 13.5 Å². The molecule has 3 atom stereocenters. The molecule has 106 valence electrons. The number of aromatic nitrogens is 1. The van der Waals surface area contributed by atoms with E-state index < -0.39 is 10.0 Å². The summed E-state index contributed by atoms with van der Waals surface area (Å²) >= 11 is 0. The fourth-order valence-corrected chi connectivity index (χ4v) is 4.70. The number of rotatable bonds is 3. The molecule has 2 fully saturated rings. The van der Waals surface area contributed by atoms with Crippen molar-refractivity contribution >= 4 is 10.0 Å². The van der Waals surface area contributed by atoms with Crippen LogP contribution in [-0.2, 0) is 15.8 Å². The van der Waals surface area contributed by atoms with Gasteiger partial charge in [-0.1, -0.05) is 5.16 Å². The first kappa shape index (κ1) is 13.1. The molecular formula is C12H18N2O4S. The molecule has 1 saturated carbocycles. The van der Waals surface area contributed by atoms with Gasteiger partial charge >= 0.3 is 0 Å². The number of aliphatic hydroxyl groups is 1. The van der Waals surface area contributed by atoms with Crippen LogP contribution in [0.1, 0.15) is 24.3 Å². The summed E-state index contributed by atoms with van der Waals surface area (Å²) in [6.45, 7) is 2.70. The van der Waals surface area contributed by atoms with E-state index in [2.05, 4.69) is 5.16 Å². The molecule has 2 aliphatic rings. The molecule has 3 rings (SSSR count). The van der Waals surface area contributed by atoms with Crippen molar-refractivity contribution in [2.24, 2.45) is 11.8 Å². The van der Waals surface area contributed by atoms with E-state index in [1.54, 1.807) is 13.0 Å². The van der Waals surface area contributed by atoms with Crippen molar-refractivity contribution < 1.29 is 18.0 Å². The number of aliphatic hydroxyl groups excluding tert-OH is 1. The molecule has 3 unspecified atom stereocenters. The van der Waals surface area contributed by atoms with Gasteiger partial charge in [0.2, 0.25) is 10.0 Å². The fraction of sp³-hybridized carbons (Fsp3) is 0.750. The first-order valence-electron chi connectivity index (χ1n) is 6.54. The topological polar surface area (TPSA) is 83.6 Å². The van der Waals surface area contributed by atoms with Gasteiger partial charge in [0.25, 0.3) is 0 Å². The van der Waals surface area contributed by atoms with Gasteiger partial charge in [0.05, 0.1) is 6.10 Å². The highest BCUT2D eigenvalue weighted by Gasteiger charge is 2.45. The van der Waals surface area contributed by atoms with E-state index in [1.807, 2.05) is 0 Å². The van der Waals surface area contributed by atoms with E-state index >= 15 is 0 Å². The lowest BCUT2D eigenvalue weighted by Gasteiger charge is -2.17. The summed E-state index contributed by atoms with van der Waals surface area (Å²) < 4.78 is 31.0. The third-order valence-corrected chi connectivity index (χ3v) is 5.93. The standard InChI is InChI=1S/C12H18N2O4S/c1-8-4-10(13-18-8)7-19(16,17)14-5-9-2-3-12(15)11(9)6-14/h4,9,11-12,15H,2-3,5-7H2,1H3. The van der Waals surface area contributed by atoms with Crippen molar-refractivity contribution in [1.82, 2.24) is 9.46 Å². The molecule has 0 amide bonds. The van der Waals surface area contributed by atoms with Gasteiger partial charge in [-0.25, -0.2) is 12.7 Å². The highest BCUT2D eigenvalue weighted by atomic mass is 32.2. The second kappa shape index (κ2) is 4.57. The number of aryl methyl sites for hydroxylation is 1. The number of sulfonamides is 1. The molecule has 2 heterocycles. The first-order valence-corrected chi connectivity index (χ1v) is 8.15.